The first-order valence-corrected chi connectivity index (χ1v) is 9.99. The lowest BCUT2D eigenvalue weighted by Gasteiger charge is -2.20. The Balaban J connectivity index is 2.02. The monoisotopic (exact) mass is 397 g/mol. The highest BCUT2D eigenvalue weighted by Gasteiger charge is 2.19. The molecule has 0 saturated heterocycles. The van der Waals surface area contributed by atoms with Crippen molar-refractivity contribution >= 4 is 33.2 Å². The number of anilines is 1. The first-order chi connectivity index (χ1) is 12.3. The molecule has 9 heteroatoms. The van der Waals surface area contributed by atoms with Gasteiger partial charge in [0.1, 0.15) is 5.75 Å². The molecule has 2 aromatic rings. The van der Waals surface area contributed by atoms with Crippen molar-refractivity contribution in [2.45, 2.75) is 13.0 Å². The summed E-state index contributed by atoms with van der Waals surface area (Å²) < 4.78 is 30.4. The minimum Gasteiger partial charge on any atom is -0.495 e. The molecule has 1 amide bonds. The quantitative estimate of drug-likeness (QED) is 0.739. The third kappa shape index (κ3) is 5.98. The Labute approximate surface area is 158 Å². The third-order valence-corrected chi connectivity index (χ3v) is 5.09. The van der Waals surface area contributed by atoms with Crippen LogP contribution in [0, 0.1) is 0 Å². The van der Waals surface area contributed by atoms with Crippen molar-refractivity contribution in [3.05, 3.63) is 53.3 Å². The number of aromatic nitrogens is 1. The summed E-state index contributed by atoms with van der Waals surface area (Å²) in [5.74, 6) is 0.133. The highest BCUT2D eigenvalue weighted by molar-refractivity contribution is 7.88. The van der Waals surface area contributed by atoms with Crippen molar-refractivity contribution in [3.8, 4) is 5.75 Å². The molecule has 140 valence electrons. The number of sulfonamides is 1. The van der Waals surface area contributed by atoms with Gasteiger partial charge in [-0.05, 0) is 35.9 Å². The lowest BCUT2D eigenvalue weighted by Crippen LogP contribution is -2.32. The van der Waals surface area contributed by atoms with E-state index in [1.165, 1.54) is 11.4 Å². The van der Waals surface area contributed by atoms with E-state index in [9.17, 15) is 13.2 Å². The van der Waals surface area contributed by atoms with Crippen LogP contribution in [0.15, 0.2) is 42.7 Å². The highest BCUT2D eigenvalue weighted by atomic mass is 35.5. The smallest absolute Gasteiger partial charge is 0.225 e. The van der Waals surface area contributed by atoms with E-state index in [1.54, 1.807) is 42.7 Å². The van der Waals surface area contributed by atoms with E-state index in [1.807, 2.05) is 0 Å². The molecule has 7 nitrogen and oxygen atoms in total. The average molecular weight is 398 g/mol. The van der Waals surface area contributed by atoms with Crippen LogP contribution in [-0.2, 0) is 21.4 Å². The molecule has 0 aliphatic rings. The number of halogens is 1. The molecule has 0 saturated carbocycles. The number of nitrogens with zero attached hydrogens (tertiary/aromatic N) is 2. The molecule has 1 aromatic heterocycles. The number of hydrogen-bond donors (Lipinski definition) is 1. The third-order valence-electron chi connectivity index (χ3n) is 3.60. The van der Waals surface area contributed by atoms with Crippen LogP contribution < -0.4 is 10.1 Å². The highest BCUT2D eigenvalue weighted by Crippen LogP contribution is 2.27. The number of hydrogen-bond acceptors (Lipinski definition) is 5. The van der Waals surface area contributed by atoms with Gasteiger partial charge in [-0.15, -0.1) is 0 Å². The molecule has 0 atom stereocenters. The lowest BCUT2D eigenvalue weighted by molar-refractivity contribution is -0.116. The van der Waals surface area contributed by atoms with Crippen molar-refractivity contribution in [1.82, 2.24) is 9.29 Å². The molecule has 1 N–H and O–H groups in total. The molecule has 2 rings (SSSR count). The normalized spacial score (nSPS) is 11.4. The molecule has 0 radical (unpaired) electrons. The van der Waals surface area contributed by atoms with Crippen LogP contribution >= 0.6 is 11.6 Å². The largest absolute Gasteiger partial charge is 0.495 e. The second-order valence-electron chi connectivity index (χ2n) is 5.59. The maximum absolute atomic E-state index is 12.2. The first-order valence-electron chi connectivity index (χ1n) is 7.77. The Morgan fingerprint density at radius 2 is 1.96 bits per heavy atom. The topological polar surface area (TPSA) is 88.6 Å². The summed E-state index contributed by atoms with van der Waals surface area (Å²) in [6.45, 7) is 0.227. The minimum atomic E-state index is -3.46. The summed E-state index contributed by atoms with van der Waals surface area (Å²) >= 11 is 5.94. The first kappa shape index (κ1) is 20.2. The predicted molar refractivity (Wildman–Crippen MR) is 101 cm³/mol. The lowest BCUT2D eigenvalue weighted by atomic mass is 10.2. The second kappa shape index (κ2) is 8.98. The van der Waals surface area contributed by atoms with Crippen LogP contribution in [-0.4, -0.2) is 43.5 Å². The summed E-state index contributed by atoms with van der Waals surface area (Å²) in [6, 6.07) is 8.33. The fourth-order valence-electron chi connectivity index (χ4n) is 2.27. The van der Waals surface area contributed by atoms with Crippen molar-refractivity contribution in [2.24, 2.45) is 0 Å². The molecule has 0 aliphatic heterocycles. The van der Waals surface area contributed by atoms with Crippen molar-refractivity contribution in [3.63, 3.8) is 0 Å². The van der Waals surface area contributed by atoms with Crippen molar-refractivity contribution in [2.75, 3.05) is 25.2 Å². The van der Waals surface area contributed by atoms with E-state index in [0.717, 1.165) is 11.8 Å². The van der Waals surface area contributed by atoms with Gasteiger partial charge in [-0.1, -0.05) is 11.6 Å². The number of methoxy groups -OCH3 is 1. The van der Waals surface area contributed by atoms with Crippen molar-refractivity contribution in [1.29, 1.82) is 0 Å². The van der Waals surface area contributed by atoms with Crippen molar-refractivity contribution < 1.29 is 17.9 Å². The predicted octanol–water partition coefficient (Wildman–Crippen LogP) is 2.53. The molecular formula is C17H20ClN3O4S. The number of rotatable bonds is 8. The molecule has 1 aromatic carbocycles. The average Bonchev–Trinajstić information content (AvgIpc) is 2.58. The van der Waals surface area contributed by atoms with Gasteiger partial charge in [0.2, 0.25) is 15.9 Å². The van der Waals surface area contributed by atoms with E-state index in [2.05, 4.69) is 10.3 Å². The van der Waals surface area contributed by atoms with Crippen LogP contribution in [0.2, 0.25) is 5.02 Å². The number of pyridine rings is 1. The number of carbonyl (C=O) groups is 1. The molecule has 0 spiro atoms. The Morgan fingerprint density at radius 1 is 1.27 bits per heavy atom. The fourth-order valence-corrected chi connectivity index (χ4v) is 3.25. The van der Waals surface area contributed by atoms with E-state index in [4.69, 9.17) is 16.3 Å². The molecule has 1 heterocycles. The molecule has 0 fully saturated rings. The van der Waals surface area contributed by atoms with E-state index in [-0.39, 0.29) is 25.4 Å². The van der Waals surface area contributed by atoms with Gasteiger partial charge >= 0.3 is 0 Å². The van der Waals surface area contributed by atoms with Gasteiger partial charge in [0, 0.05) is 36.9 Å². The maximum Gasteiger partial charge on any atom is 0.225 e. The van der Waals surface area contributed by atoms with Gasteiger partial charge in [-0.2, -0.15) is 4.31 Å². The number of benzene rings is 1. The van der Waals surface area contributed by atoms with E-state index < -0.39 is 10.0 Å². The Kier molecular flexibility index (Phi) is 6.96. The zero-order valence-electron chi connectivity index (χ0n) is 14.5. The minimum absolute atomic E-state index is 0.00613. The van der Waals surface area contributed by atoms with Gasteiger partial charge in [-0.3, -0.25) is 9.78 Å². The Morgan fingerprint density at radius 3 is 2.58 bits per heavy atom. The number of nitrogens with one attached hydrogen (secondary N) is 1. The van der Waals surface area contributed by atoms with Crippen LogP contribution in [0.3, 0.4) is 0 Å². The van der Waals surface area contributed by atoms with Crippen LogP contribution in [0.25, 0.3) is 0 Å². The SMILES string of the molecule is COc1ccc(Cl)cc1NC(=O)CCN(Cc1ccncc1)S(C)(=O)=O. The fraction of sp³-hybridized carbons (Fsp3) is 0.294. The number of carbonyl (C=O) groups excluding carboxylic acids is 1. The van der Waals surface area contributed by atoms with Gasteiger partial charge in [0.05, 0.1) is 19.1 Å². The van der Waals surface area contributed by atoms with E-state index in [0.29, 0.717) is 16.5 Å². The molecule has 0 unspecified atom stereocenters. The standard InChI is InChI=1S/C17H20ClN3O4S/c1-25-16-4-3-14(18)11-15(16)20-17(22)7-10-21(26(2,23)24)12-13-5-8-19-9-6-13/h3-6,8-9,11H,7,10,12H2,1-2H3,(H,20,22). The summed E-state index contributed by atoms with van der Waals surface area (Å²) in [7, 11) is -1.98. The summed E-state index contributed by atoms with van der Waals surface area (Å²) in [5.41, 5.74) is 1.23. The van der Waals surface area contributed by atoms with Crippen LogP contribution in [0.4, 0.5) is 5.69 Å². The van der Waals surface area contributed by atoms with E-state index >= 15 is 0 Å². The zero-order valence-corrected chi connectivity index (χ0v) is 16.0. The molecular weight excluding hydrogens is 378 g/mol. The molecule has 0 aliphatic carbocycles. The Bertz CT molecular complexity index is 860. The van der Waals surface area contributed by atoms with Crippen LogP contribution in [0.1, 0.15) is 12.0 Å². The maximum atomic E-state index is 12.2. The van der Waals surface area contributed by atoms with Crippen LogP contribution in [0.5, 0.6) is 5.75 Å². The summed E-state index contributed by atoms with van der Waals surface area (Å²) in [5, 5.41) is 3.15. The summed E-state index contributed by atoms with van der Waals surface area (Å²) in [4.78, 5) is 16.1. The Hall–Kier alpha value is -2.16. The zero-order chi connectivity index (χ0) is 19.2. The number of amides is 1. The summed E-state index contributed by atoms with van der Waals surface area (Å²) in [6.07, 6.45) is 4.29. The van der Waals surface area contributed by atoms with Gasteiger partial charge in [0.15, 0.2) is 0 Å². The van der Waals surface area contributed by atoms with Gasteiger partial charge < -0.3 is 10.1 Å². The second-order valence-corrected chi connectivity index (χ2v) is 8.01. The molecule has 26 heavy (non-hydrogen) atoms. The number of ether oxygens (including phenoxy) is 1. The van der Waals surface area contributed by atoms with Gasteiger partial charge in [-0.25, -0.2) is 8.42 Å². The van der Waals surface area contributed by atoms with Gasteiger partial charge in [0.25, 0.3) is 0 Å². The molecule has 0 bridgehead atoms.